The number of benzene rings is 1. The number of alkyl halides is 4. The maximum atomic E-state index is 14.6. The highest BCUT2D eigenvalue weighted by molar-refractivity contribution is 5.99. The summed E-state index contributed by atoms with van der Waals surface area (Å²) in [4.78, 5) is 23.0. The highest BCUT2D eigenvalue weighted by Gasteiger charge is 2.31. The van der Waals surface area contributed by atoms with Crippen molar-refractivity contribution in [1.29, 1.82) is 0 Å². The number of nitrogens with one attached hydrogen (secondary N) is 1. The van der Waals surface area contributed by atoms with E-state index in [0.29, 0.717) is 35.3 Å². The summed E-state index contributed by atoms with van der Waals surface area (Å²) in [7, 11) is 3.64. The Labute approximate surface area is 221 Å². The van der Waals surface area contributed by atoms with Gasteiger partial charge in [-0.05, 0) is 38.2 Å². The van der Waals surface area contributed by atoms with Crippen molar-refractivity contribution in [3.8, 4) is 11.5 Å². The van der Waals surface area contributed by atoms with Crippen LogP contribution in [0.5, 0.6) is 0 Å². The Morgan fingerprint density at radius 1 is 1.26 bits per heavy atom. The van der Waals surface area contributed by atoms with Crippen LogP contribution in [0.2, 0.25) is 0 Å². The molecule has 0 aliphatic carbocycles. The molecule has 1 saturated heterocycles. The number of hydrogen-bond donors (Lipinski definition) is 1. The first-order chi connectivity index (χ1) is 18.5. The van der Waals surface area contributed by atoms with Gasteiger partial charge in [0.05, 0.1) is 34.7 Å². The Bertz CT molecular complexity index is 1530. The molecule has 9 nitrogen and oxygen atoms in total. The van der Waals surface area contributed by atoms with Crippen molar-refractivity contribution in [2.45, 2.75) is 38.8 Å². The van der Waals surface area contributed by atoms with Crippen molar-refractivity contribution < 1.29 is 26.9 Å². The molecule has 39 heavy (non-hydrogen) atoms. The van der Waals surface area contributed by atoms with Gasteiger partial charge in [-0.2, -0.15) is 18.2 Å². The molecule has 1 aliphatic heterocycles. The van der Waals surface area contributed by atoms with Gasteiger partial charge in [-0.3, -0.25) is 9.79 Å². The van der Waals surface area contributed by atoms with Gasteiger partial charge in [0.25, 0.3) is 5.91 Å². The molecule has 3 aromatic heterocycles. The standard InChI is InChI=1S/C26H27F4N7O2/c1-15-9-16(12-36(15)3)25(38)31-11-23-33-24(34-39-23)22-10-17-19(32-20-7-8-35(2)13-18(20)27)5-4-6-21(17)37(22)14-26(28,29)30/h4-6,9-10,12,18H,7-8,11,13-14H2,1-3H3,(H,31,38)/t18-/m0/s1. The van der Waals surface area contributed by atoms with Crippen LogP contribution < -0.4 is 5.32 Å². The number of piperidine rings is 1. The maximum absolute atomic E-state index is 14.6. The first-order valence-corrected chi connectivity index (χ1v) is 12.3. The van der Waals surface area contributed by atoms with Gasteiger partial charge in [0, 0.05) is 43.8 Å². The normalized spacial score (nSPS) is 17.8. The van der Waals surface area contributed by atoms with Crippen molar-refractivity contribution >= 4 is 28.2 Å². The fraction of sp³-hybridized carbons (Fsp3) is 0.385. The summed E-state index contributed by atoms with van der Waals surface area (Å²) in [5, 5.41) is 6.96. The monoisotopic (exact) mass is 545 g/mol. The predicted molar refractivity (Wildman–Crippen MR) is 137 cm³/mol. The molecule has 1 aromatic carbocycles. The summed E-state index contributed by atoms with van der Waals surface area (Å²) < 4.78 is 63.5. The van der Waals surface area contributed by atoms with Crippen LogP contribution in [0, 0.1) is 6.92 Å². The zero-order valence-corrected chi connectivity index (χ0v) is 21.6. The van der Waals surface area contributed by atoms with Crippen molar-refractivity contribution in [2.24, 2.45) is 12.0 Å². The lowest BCUT2D eigenvalue weighted by atomic mass is 10.1. The van der Waals surface area contributed by atoms with Gasteiger partial charge in [-0.1, -0.05) is 11.2 Å². The zero-order valence-electron chi connectivity index (χ0n) is 21.6. The first-order valence-electron chi connectivity index (χ1n) is 12.3. The number of aryl methyl sites for hydroxylation is 2. The van der Waals surface area contributed by atoms with E-state index in [4.69, 9.17) is 4.52 Å². The number of rotatable bonds is 6. The fourth-order valence-corrected chi connectivity index (χ4v) is 4.60. The van der Waals surface area contributed by atoms with E-state index in [9.17, 15) is 22.4 Å². The smallest absolute Gasteiger partial charge is 0.354 e. The van der Waals surface area contributed by atoms with E-state index in [1.165, 1.54) is 6.07 Å². The molecule has 4 aromatic rings. The average Bonchev–Trinajstić information content (AvgIpc) is 3.57. The third-order valence-corrected chi connectivity index (χ3v) is 6.72. The highest BCUT2D eigenvalue weighted by atomic mass is 19.4. The molecule has 0 radical (unpaired) electrons. The van der Waals surface area contributed by atoms with E-state index in [1.807, 2.05) is 25.9 Å². The minimum absolute atomic E-state index is 0.0295. The van der Waals surface area contributed by atoms with Crippen LogP contribution in [0.1, 0.15) is 28.4 Å². The molecule has 1 aliphatic rings. The predicted octanol–water partition coefficient (Wildman–Crippen LogP) is 4.58. The molecule has 0 bridgehead atoms. The lowest BCUT2D eigenvalue weighted by Crippen LogP contribution is -2.39. The molecule has 0 spiro atoms. The number of likely N-dealkylation sites (tertiary alicyclic amines) is 1. The molecule has 1 N–H and O–H groups in total. The lowest BCUT2D eigenvalue weighted by Gasteiger charge is -2.26. The van der Waals surface area contributed by atoms with Gasteiger partial charge in [-0.15, -0.1) is 0 Å². The Morgan fingerprint density at radius 2 is 2.05 bits per heavy atom. The molecular weight excluding hydrogens is 518 g/mol. The maximum Gasteiger partial charge on any atom is 0.406 e. The van der Waals surface area contributed by atoms with Crippen LogP contribution in [0.25, 0.3) is 22.4 Å². The zero-order chi connectivity index (χ0) is 27.9. The number of hydrogen-bond acceptors (Lipinski definition) is 6. The number of amides is 1. The van der Waals surface area contributed by atoms with Gasteiger partial charge in [-0.25, -0.2) is 4.39 Å². The fourth-order valence-electron chi connectivity index (χ4n) is 4.60. The number of halogens is 4. The lowest BCUT2D eigenvalue weighted by molar-refractivity contribution is -0.139. The van der Waals surface area contributed by atoms with Crippen LogP contribution >= 0.6 is 0 Å². The summed E-state index contributed by atoms with van der Waals surface area (Å²) >= 11 is 0. The number of carbonyl (C=O) groups excluding carboxylic acids is 1. The largest absolute Gasteiger partial charge is 0.406 e. The molecule has 0 unspecified atom stereocenters. The van der Waals surface area contributed by atoms with Crippen LogP contribution in [-0.4, -0.2) is 68.3 Å². The third-order valence-electron chi connectivity index (χ3n) is 6.72. The second-order valence-corrected chi connectivity index (χ2v) is 9.70. The SMILES string of the molecule is Cc1cc(C(=O)NCc2nc(-c3cc4c(N=C5CCN(C)C[C@@H]5F)cccc4n3CC(F)(F)F)no2)cn1C. The minimum atomic E-state index is -4.53. The van der Waals surface area contributed by atoms with Gasteiger partial charge in [0.2, 0.25) is 11.7 Å². The second-order valence-electron chi connectivity index (χ2n) is 9.70. The number of nitrogens with zero attached hydrogens (tertiary/aromatic N) is 6. The topological polar surface area (TPSA) is 93.5 Å². The van der Waals surface area contributed by atoms with Crippen LogP contribution in [0.15, 0.2) is 46.0 Å². The minimum Gasteiger partial charge on any atom is -0.354 e. The second kappa shape index (κ2) is 10.3. The Morgan fingerprint density at radius 3 is 2.74 bits per heavy atom. The van der Waals surface area contributed by atoms with Gasteiger partial charge < -0.3 is 23.9 Å². The highest BCUT2D eigenvalue weighted by Crippen LogP contribution is 2.35. The third kappa shape index (κ3) is 5.72. The number of aliphatic imine (C=N–C) groups is 1. The molecule has 1 fully saturated rings. The molecule has 1 amide bonds. The van der Waals surface area contributed by atoms with E-state index in [1.54, 1.807) is 35.0 Å². The van der Waals surface area contributed by atoms with Crippen molar-refractivity contribution in [3.05, 3.63) is 53.7 Å². The van der Waals surface area contributed by atoms with E-state index in [0.717, 1.165) is 10.3 Å². The molecule has 13 heteroatoms. The summed E-state index contributed by atoms with van der Waals surface area (Å²) in [6.45, 7) is 1.31. The summed E-state index contributed by atoms with van der Waals surface area (Å²) in [5.41, 5.74) is 2.40. The average molecular weight is 546 g/mol. The summed E-state index contributed by atoms with van der Waals surface area (Å²) in [6.07, 6.45) is -3.69. The Hall–Kier alpha value is -4.00. The van der Waals surface area contributed by atoms with Gasteiger partial charge in [0.15, 0.2) is 6.17 Å². The molecule has 1 atom stereocenters. The van der Waals surface area contributed by atoms with E-state index < -0.39 is 18.9 Å². The Balaban J connectivity index is 1.46. The first kappa shape index (κ1) is 26.6. The van der Waals surface area contributed by atoms with Crippen LogP contribution in [-0.2, 0) is 20.1 Å². The molecule has 4 heterocycles. The summed E-state index contributed by atoms with van der Waals surface area (Å²) in [5.74, 6) is -0.396. The van der Waals surface area contributed by atoms with Gasteiger partial charge in [0.1, 0.15) is 6.54 Å². The molecule has 206 valence electrons. The molecular formula is C26H27F4N7O2. The van der Waals surface area contributed by atoms with Crippen LogP contribution in [0.3, 0.4) is 0 Å². The van der Waals surface area contributed by atoms with E-state index in [2.05, 4.69) is 20.4 Å². The van der Waals surface area contributed by atoms with E-state index in [-0.39, 0.29) is 41.9 Å². The number of carbonyl (C=O) groups is 1. The quantitative estimate of drug-likeness (QED) is 0.358. The summed E-state index contributed by atoms with van der Waals surface area (Å²) in [6, 6.07) is 8.00. The number of aromatic nitrogens is 4. The van der Waals surface area contributed by atoms with Gasteiger partial charge >= 0.3 is 6.18 Å². The number of fused-ring (bicyclic) bond motifs is 1. The van der Waals surface area contributed by atoms with Crippen molar-refractivity contribution in [1.82, 2.24) is 29.5 Å². The van der Waals surface area contributed by atoms with E-state index >= 15 is 0 Å². The molecule has 0 saturated carbocycles. The van der Waals surface area contributed by atoms with Crippen molar-refractivity contribution in [3.63, 3.8) is 0 Å². The van der Waals surface area contributed by atoms with Crippen molar-refractivity contribution in [2.75, 3.05) is 20.1 Å². The Kier molecular flexibility index (Phi) is 7.02. The molecule has 5 rings (SSSR count). The van der Waals surface area contributed by atoms with Crippen LogP contribution in [0.4, 0.5) is 23.2 Å².